The van der Waals surface area contributed by atoms with E-state index >= 15 is 0 Å². The van der Waals surface area contributed by atoms with E-state index < -0.39 is 11.2 Å². The number of nitrogens with one attached hydrogen (secondary N) is 1. The summed E-state index contributed by atoms with van der Waals surface area (Å²) in [7, 11) is 2.99. The third-order valence-electron chi connectivity index (χ3n) is 5.99. The summed E-state index contributed by atoms with van der Waals surface area (Å²) in [6, 6.07) is 19.8. The van der Waals surface area contributed by atoms with Crippen LogP contribution in [-0.4, -0.2) is 20.0 Å². The molecule has 0 aliphatic rings. The van der Waals surface area contributed by atoms with E-state index in [0.29, 0.717) is 12.1 Å². The molecule has 0 atom stereocenters. The number of carbonyl (C=O) groups excluding carboxylic acids is 1. The van der Waals surface area contributed by atoms with Crippen LogP contribution in [0.5, 0.6) is 0 Å². The summed E-state index contributed by atoms with van der Waals surface area (Å²) in [4.78, 5) is 43.0. The number of benzene rings is 2. The zero-order valence-corrected chi connectivity index (χ0v) is 18.9. The molecular weight excluding hydrogens is 416 g/mol. The molecule has 2 aromatic carbocycles. The van der Waals surface area contributed by atoms with Crippen LogP contribution in [0.15, 0.2) is 76.4 Å². The maximum Gasteiger partial charge on any atom is 0.332 e. The maximum absolute atomic E-state index is 13.3. The van der Waals surface area contributed by atoms with Crippen molar-refractivity contribution in [2.24, 2.45) is 14.1 Å². The zero-order valence-electron chi connectivity index (χ0n) is 18.9. The lowest BCUT2D eigenvalue weighted by Crippen LogP contribution is -2.38. The van der Waals surface area contributed by atoms with Gasteiger partial charge in [0.15, 0.2) is 5.65 Å². The monoisotopic (exact) mass is 442 g/mol. The number of rotatable bonds is 6. The molecule has 2 aromatic heterocycles. The Kier molecular flexibility index (Phi) is 6.22. The number of pyridine rings is 1. The lowest BCUT2D eigenvalue weighted by atomic mass is 9.88. The summed E-state index contributed by atoms with van der Waals surface area (Å²) in [5, 5.41) is 3.22. The molecule has 0 aliphatic heterocycles. The lowest BCUT2D eigenvalue weighted by molar-refractivity contribution is -0.116. The van der Waals surface area contributed by atoms with Crippen molar-refractivity contribution in [2.45, 2.75) is 25.7 Å². The highest BCUT2D eigenvalue weighted by atomic mass is 16.2. The molecule has 33 heavy (non-hydrogen) atoms. The molecule has 0 saturated carbocycles. The van der Waals surface area contributed by atoms with Gasteiger partial charge in [-0.25, -0.2) is 9.78 Å². The fourth-order valence-electron chi connectivity index (χ4n) is 4.15. The minimum Gasteiger partial charge on any atom is -0.325 e. The number of aromatic nitrogens is 3. The third-order valence-corrected chi connectivity index (χ3v) is 5.99. The summed E-state index contributed by atoms with van der Waals surface area (Å²) < 4.78 is 2.36. The average Bonchev–Trinajstić information content (AvgIpc) is 2.85. The SMILES string of the molecule is CCc1cnc2c(c1NC(=O)CC(c1ccccc1)c1ccccc1)c(=O)n(C)c(=O)n2C. The van der Waals surface area contributed by atoms with Crippen LogP contribution in [-0.2, 0) is 25.3 Å². The second-order valence-electron chi connectivity index (χ2n) is 8.04. The van der Waals surface area contributed by atoms with Crippen molar-refractivity contribution >= 4 is 22.6 Å². The van der Waals surface area contributed by atoms with Crippen molar-refractivity contribution in [1.82, 2.24) is 14.1 Å². The molecule has 2 heterocycles. The van der Waals surface area contributed by atoms with Crippen molar-refractivity contribution < 1.29 is 4.79 Å². The molecule has 0 aliphatic carbocycles. The van der Waals surface area contributed by atoms with Gasteiger partial charge in [0.1, 0.15) is 5.39 Å². The molecule has 1 amide bonds. The summed E-state index contributed by atoms with van der Waals surface area (Å²) in [5.41, 5.74) is 2.54. The predicted molar refractivity (Wildman–Crippen MR) is 130 cm³/mol. The van der Waals surface area contributed by atoms with Gasteiger partial charge in [-0.15, -0.1) is 0 Å². The Labute approximate surface area is 191 Å². The number of fused-ring (bicyclic) bond motifs is 1. The Hall–Kier alpha value is -4.00. The second kappa shape index (κ2) is 9.24. The third kappa shape index (κ3) is 4.22. The molecule has 0 bridgehead atoms. The Morgan fingerprint density at radius 3 is 2.06 bits per heavy atom. The van der Waals surface area contributed by atoms with Gasteiger partial charge in [-0.2, -0.15) is 0 Å². The zero-order chi connectivity index (χ0) is 23.5. The highest BCUT2D eigenvalue weighted by molar-refractivity contribution is 6.01. The van der Waals surface area contributed by atoms with Crippen LogP contribution < -0.4 is 16.6 Å². The van der Waals surface area contributed by atoms with Crippen molar-refractivity contribution in [3.8, 4) is 0 Å². The molecule has 0 saturated heterocycles. The smallest absolute Gasteiger partial charge is 0.325 e. The van der Waals surface area contributed by atoms with Gasteiger partial charge >= 0.3 is 5.69 Å². The van der Waals surface area contributed by atoms with E-state index in [-0.39, 0.29) is 29.3 Å². The summed E-state index contributed by atoms with van der Waals surface area (Å²) in [6.07, 6.45) is 2.39. The normalized spacial score (nSPS) is 11.2. The fraction of sp³-hybridized carbons (Fsp3) is 0.231. The first-order chi connectivity index (χ1) is 15.9. The summed E-state index contributed by atoms with van der Waals surface area (Å²) in [5.74, 6) is -0.358. The van der Waals surface area contributed by atoms with Crippen LogP contribution in [0.1, 0.15) is 36.0 Å². The van der Waals surface area contributed by atoms with Gasteiger partial charge in [-0.05, 0) is 23.1 Å². The lowest BCUT2D eigenvalue weighted by Gasteiger charge is -2.19. The first kappa shape index (κ1) is 22.2. The van der Waals surface area contributed by atoms with E-state index in [1.807, 2.05) is 67.6 Å². The summed E-state index contributed by atoms with van der Waals surface area (Å²) in [6.45, 7) is 1.93. The Morgan fingerprint density at radius 1 is 0.939 bits per heavy atom. The minimum absolute atomic E-state index is 0.141. The van der Waals surface area contributed by atoms with Crippen molar-refractivity contribution in [2.75, 3.05) is 5.32 Å². The highest BCUT2D eigenvalue weighted by Gasteiger charge is 2.22. The van der Waals surface area contributed by atoms with Gasteiger partial charge in [0, 0.05) is 32.6 Å². The van der Waals surface area contributed by atoms with Crippen molar-refractivity contribution in [3.05, 3.63) is 104 Å². The number of hydrogen-bond donors (Lipinski definition) is 1. The van der Waals surface area contributed by atoms with Gasteiger partial charge in [0.25, 0.3) is 5.56 Å². The molecular formula is C26H26N4O3. The highest BCUT2D eigenvalue weighted by Crippen LogP contribution is 2.29. The minimum atomic E-state index is -0.478. The van der Waals surface area contributed by atoms with E-state index in [4.69, 9.17) is 0 Å². The number of aryl methyl sites for hydroxylation is 2. The molecule has 4 aromatic rings. The first-order valence-corrected chi connectivity index (χ1v) is 10.9. The predicted octanol–water partition coefficient (Wildman–Crippen LogP) is 3.36. The van der Waals surface area contributed by atoms with Gasteiger partial charge in [0.2, 0.25) is 5.91 Å². The molecule has 4 rings (SSSR count). The fourth-order valence-corrected chi connectivity index (χ4v) is 4.15. The molecule has 0 unspecified atom stereocenters. The van der Waals surface area contributed by atoms with Crippen LogP contribution in [0.25, 0.3) is 11.0 Å². The number of carbonyl (C=O) groups is 1. The van der Waals surface area contributed by atoms with Gasteiger partial charge in [-0.3, -0.25) is 18.7 Å². The van der Waals surface area contributed by atoms with Crippen LogP contribution in [0, 0.1) is 0 Å². The van der Waals surface area contributed by atoms with Gasteiger partial charge in [-0.1, -0.05) is 67.6 Å². The van der Waals surface area contributed by atoms with Crippen LogP contribution >= 0.6 is 0 Å². The van der Waals surface area contributed by atoms with Gasteiger partial charge in [0.05, 0.1) is 5.69 Å². The molecule has 7 nitrogen and oxygen atoms in total. The second-order valence-corrected chi connectivity index (χ2v) is 8.04. The topological polar surface area (TPSA) is 86.0 Å². The Balaban J connectivity index is 1.77. The summed E-state index contributed by atoms with van der Waals surface area (Å²) >= 11 is 0. The Morgan fingerprint density at radius 2 is 1.52 bits per heavy atom. The van der Waals surface area contributed by atoms with E-state index in [9.17, 15) is 14.4 Å². The van der Waals surface area contributed by atoms with E-state index in [1.54, 1.807) is 13.2 Å². The van der Waals surface area contributed by atoms with Crippen molar-refractivity contribution in [3.63, 3.8) is 0 Å². The standard InChI is InChI=1S/C26H26N4O3/c1-4-17-16-27-24-22(25(32)30(3)26(33)29(24)2)23(17)28-21(31)15-20(18-11-7-5-8-12-18)19-13-9-6-10-14-19/h5-14,16,20H,4,15H2,1-3H3,(H,27,28,31). The molecule has 7 heteroatoms. The van der Waals surface area contributed by atoms with Crippen LogP contribution in [0.2, 0.25) is 0 Å². The quantitative estimate of drug-likeness (QED) is 0.496. The molecule has 0 spiro atoms. The van der Waals surface area contributed by atoms with Crippen molar-refractivity contribution in [1.29, 1.82) is 0 Å². The average molecular weight is 443 g/mol. The first-order valence-electron chi connectivity index (χ1n) is 10.9. The molecule has 1 N–H and O–H groups in total. The molecule has 0 radical (unpaired) electrons. The maximum atomic E-state index is 13.3. The van der Waals surface area contributed by atoms with E-state index in [1.165, 1.54) is 11.6 Å². The number of hydrogen-bond acceptors (Lipinski definition) is 4. The van der Waals surface area contributed by atoms with Crippen LogP contribution in [0.4, 0.5) is 5.69 Å². The number of amides is 1. The largest absolute Gasteiger partial charge is 0.332 e. The number of anilines is 1. The molecule has 0 fully saturated rings. The van der Waals surface area contributed by atoms with E-state index in [0.717, 1.165) is 21.3 Å². The van der Waals surface area contributed by atoms with Crippen LogP contribution in [0.3, 0.4) is 0 Å². The van der Waals surface area contributed by atoms with E-state index in [2.05, 4.69) is 10.3 Å². The Bertz CT molecular complexity index is 1380. The molecule has 168 valence electrons. The van der Waals surface area contributed by atoms with Gasteiger partial charge < -0.3 is 5.32 Å². The number of nitrogens with zero attached hydrogens (tertiary/aromatic N) is 3.